The van der Waals surface area contributed by atoms with Gasteiger partial charge in [-0.05, 0) is 43.7 Å². The maximum atomic E-state index is 5.67. The van der Waals surface area contributed by atoms with Crippen molar-refractivity contribution in [3.63, 3.8) is 0 Å². The van der Waals surface area contributed by atoms with Gasteiger partial charge in [0.1, 0.15) is 5.75 Å². The Morgan fingerprint density at radius 2 is 1.75 bits per heavy atom. The minimum Gasteiger partial charge on any atom is -0.494 e. The van der Waals surface area contributed by atoms with Gasteiger partial charge >= 0.3 is 0 Å². The summed E-state index contributed by atoms with van der Waals surface area (Å²) in [6, 6.07) is 18.6. The average molecular weight is 334 g/mol. The van der Waals surface area contributed by atoms with Crippen LogP contribution in [0.15, 0.2) is 59.1 Å². The number of ether oxygens (including phenoxy) is 1. The van der Waals surface area contributed by atoms with E-state index in [1.165, 1.54) is 5.56 Å². The second kappa shape index (κ2) is 8.08. The zero-order valence-corrected chi connectivity index (χ0v) is 13.3. The van der Waals surface area contributed by atoms with Crippen LogP contribution in [0.5, 0.6) is 5.75 Å². The highest BCUT2D eigenvalue weighted by molar-refractivity contribution is 9.10. The molecule has 0 bridgehead atoms. The highest BCUT2D eigenvalue weighted by Gasteiger charge is 2.07. The summed E-state index contributed by atoms with van der Waals surface area (Å²) in [5, 5.41) is 3.52. The van der Waals surface area contributed by atoms with E-state index in [0.29, 0.717) is 6.04 Å². The summed E-state index contributed by atoms with van der Waals surface area (Å²) >= 11 is 3.59. The lowest BCUT2D eigenvalue weighted by Crippen LogP contribution is -2.21. The van der Waals surface area contributed by atoms with Gasteiger partial charge in [0.25, 0.3) is 0 Å². The standard InChI is InChI=1S/C17H20BrNO/c1-14(16-10-5-6-11-17(16)18)19-12-7-13-20-15-8-3-2-4-9-15/h2-6,8-11,14,19H,7,12-13H2,1H3. The van der Waals surface area contributed by atoms with Crippen molar-refractivity contribution >= 4 is 15.9 Å². The number of rotatable bonds is 7. The third-order valence-electron chi connectivity index (χ3n) is 3.16. The Morgan fingerprint density at radius 3 is 2.50 bits per heavy atom. The third kappa shape index (κ3) is 4.66. The van der Waals surface area contributed by atoms with Gasteiger partial charge in [-0.3, -0.25) is 0 Å². The van der Waals surface area contributed by atoms with Gasteiger partial charge in [-0.2, -0.15) is 0 Å². The van der Waals surface area contributed by atoms with E-state index < -0.39 is 0 Å². The van der Waals surface area contributed by atoms with Crippen molar-refractivity contribution < 1.29 is 4.74 Å². The van der Waals surface area contributed by atoms with Crippen LogP contribution >= 0.6 is 15.9 Å². The van der Waals surface area contributed by atoms with Gasteiger partial charge in [0, 0.05) is 10.5 Å². The fourth-order valence-electron chi connectivity index (χ4n) is 2.03. The Balaban J connectivity index is 1.67. The summed E-state index contributed by atoms with van der Waals surface area (Å²) in [5.41, 5.74) is 1.29. The SMILES string of the molecule is CC(NCCCOc1ccccc1)c1ccccc1Br. The van der Waals surface area contributed by atoms with Gasteiger partial charge in [-0.15, -0.1) is 0 Å². The molecule has 0 saturated heterocycles. The molecule has 2 aromatic carbocycles. The zero-order chi connectivity index (χ0) is 14.2. The number of para-hydroxylation sites is 1. The lowest BCUT2D eigenvalue weighted by Gasteiger charge is -2.15. The molecule has 20 heavy (non-hydrogen) atoms. The molecule has 0 amide bonds. The van der Waals surface area contributed by atoms with Crippen LogP contribution in [-0.4, -0.2) is 13.2 Å². The Morgan fingerprint density at radius 1 is 1.05 bits per heavy atom. The minimum atomic E-state index is 0.335. The van der Waals surface area contributed by atoms with Gasteiger partial charge in [0.15, 0.2) is 0 Å². The molecular weight excluding hydrogens is 314 g/mol. The first-order valence-electron chi connectivity index (χ1n) is 6.93. The van der Waals surface area contributed by atoms with Crippen LogP contribution in [0.3, 0.4) is 0 Å². The second-order valence-electron chi connectivity index (χ2n) is 4.71. The molecule has 0 fully saturated rings. The lowest BCUT2D eigenvalue weighted by atomic mass is 10.1. The van der Waals surface area contributed by atoms with Gasteiger partial charge < -0.3 is 10.1 Å². The topological polar surface area (TPSA) is 21.3 Å². The molecule has 0 aliphatic heterocycles. The summed E-state index contributed by atoms with van der Waals surface area (Å²) in [6.45, 7) is 3.85. The van der Waals surface area contributed by atoms with Gasteiger partial charge in [-0.25, -0.2) is 0 Å². The molecule has 2 rings (SSSR count). The molecule has 0 spiro atoms. The molecule has 0 aromatic heterocycles. The molecule has 1 atom stereocenters. The van der Waals surface area contributed by atoms with Crippen molar-refractivity contribution in [2.45, 2.75) is 19.4 Å². The molecule has 1 N–H and O–H groups in total. The van der Waals surface area contributed by atoms with Crippen molar-refractivity contribution in [2.75, 3.05) is 13.2 Å². The monoisotopic (exact) mass is 333 g/mol. The maximum Gasteiger partial charge on any atom is 0.119 e. The van der Waals surface area contributed by atoms with E-state index in [2.05, 4.69) is 46.4 Å². The summed E-state index contributed by atoms with van der Waals surface area (Å²) < 4.78 is 6.82. The van der Waals surface area contributed by atoms with E-state index in [1.54, 1.807) is 0 Å². The van der Waals surface area contributed by atoms with E-state index in [4.69, 9.17) is 4.74 Å². The summed E-state index contributed by atoms with van der Waals surface area (Å²) in [7, 11) is 0. The van der Waals surface area contributed by atoms with Crippen LogP contribution in [0.2, 0.25) is 0 Å². The van der Waals surface area contributed by atoms with Crippen LogP contribution in [-0.2, 0) is 0 Å². The molecule has 0 radical (unpaired) electrons. The third-order valence-corrected chi connectivity index (χ3v) is 3.88. The van der Waals surface area contributed by atoms with Gasteiger partial charge in [0.2, 0.25) is 0 Å². The predicted molar refractivity (Wildman–Crippen MR) is 87.1 cm³/mol. The van der Waals surface area contributed by atoms with Crippen molar-refractivity contribution in [2.24, 2.45) is 0 Å². The largest absolute Gasteiger partial charge is 0.494 e. The van der Waals surface area contributed by atoms with Crippen molar-refractivity contribution in [1.82, 2.24) is 5.32 Å². The molecule has 1 unspecified atom stereocenters. The second-order valence-corrected chi connectivity index (χ2v) is 5.57. The average Bonchev–Trinajstić information content (AvgIpc) is 2.48. The first-order chi connectivity index (χ1) is 9.77. The highest BCUT2D eigenvalue weighted by Crippen LogP contribution is 2.22. The fourth-order valence-corrected chi connectivity index (χ4v) is 2.66. The Bertz CT molecular complexity index is 515. The summed E-state index contributed by atoms with van der Waals surface area (Å²) in [5.74, 6) is 0.936. The molecule has 3 heteroatoms. The number of nitrogens with one attached hydrogen (secondary N) is 1. The summed E-state index contributed by atoms with van der Waals surface area (Å²) in [6.07, 6.45) is 0.990. The number of hydrogen-bond acceptors (Lipinski definition) is 2. The van der Waals surface area contributed by atoms with Crippen LogP contribution in [0, 0.1) is 0 Å². The van der Waals surface area contributed by atoms with E-state index in [9.17, 15) is 0 Å². The van der Waals surface area contributed by atoms with Crippen LogP contribution in [0.25, 0.3) is 0 Å². The lowest BCUT2D eigenvalue weighted by molar-refractivity contribution is 0.305. The zero-order valence-electron chi connectivity index (χ0n) is 11.7. The van der Waals surface area contributed by atoms with Crippen LogP contribution < -0.4 is 10.1 Å². The minimum absolute atomic E-state index is 0.335. The Labute approximate surface area is 129 Å². The smallest absolute Gasteiger partial charge is 0.119 e. The van der Waals surface area contributed by atoms with E-state index in [1.807, 2.05) is 36.4 Å². The predicted octanol–water partition coefficient (Wildman–Crippen LogP) is 4.57. The maximum absolute atomic E-state index is 5.67. The molecule has 0 aliphatic rings. The number of benzene rings is 2. The van der Waals surface area contributed by atoms with Crippen LogP contribution in [0.4, 0.5) is 0 Å². The van der Waals surface area contributed by atoms with Crippen LogP contribution in [0.1, 0.15) is 24.9 Å². The Hall–Kier alpha value is -1.32. The number of halogens is 1. The molecule has 2 nitrogen and oxygen atoms in total. The quantitative estimate of drug-likeness (QED) is 0.749. The van der Waals surface area contributed by atoms with E-state index in [-0.39, 0.29) is 0 Å². The first-order valence-corrected chi connectivity index (χ1v) is 7.72. The van der Waals surface area contributed by atoms with Crippen molar-refractivity contribution in [3.05, 3.63) is 64.6 Å². The fraction of sp³-hybridized carbons (Fsp3) is 0.294. The molecule has 2 aromatic rings. The summed E-state index contributed by atoms with van der Waals surface area (Å²) in [4.78, 5) is 0. The molecule has 0 aliphatic carbocycles. The normalized spacial score (nSPS) is 12.1. The van der Waals surface area contributed by atoms with Crippen molar-refractivity contribution in [3.8, 4) is 5.75 Å². The Kier molecular flexibility index (Phi) is 6.09. The van der Waals surface area contributed by atoms with Gasteiger partial charge in [-0.1, -0.05) is 52.3 Å². The highest BCUT2D eigenvalue weighted by atomic mass is 79.9. The molecule has 0 heterocycles. The first kappa shape index (κ1) is 15.1. The molecular formula is C17H20BrNO. The number of hydrogen-bond donors (Lipinski definition) is 1. The van der Waals surface area contributed by atoms with E-state index >= 15 is 0 Å². The van der Waals surface area contributed by atoms with Gasteiger partial charge in [0.05, 0.1) is 6.61 Å². The van der Waals surface area contributed by atoms with Crippen molar-refractivity contribution in [1.29, 1.82) is 0 Å². The molecule has 0 saturated carbocycles. The molecule has 106 valence electrons. The van der Waals surface area contributed by atoms with E-state index in [0.717, 1.165) is 29.8 Å².